The molecule has 0 aliphatic carbocycles. The Morgan fingerprint density at radius 2 is 2.23 bits per heavy atom. The lowest BCUT2D eigenvalue weighted by Crippen LogP contribution is -2.46. The molecule has 0 amide bonds. The van der Waals surface area contributed by atoms with E-state index in [0.717, 1.165) is 0 Å². The lowest BCUT2D eigenvalue weighted by Gasteiger charge is -2.35. The van der Waals surface area contributed by atoms with E-state index in [1.165, 1.54) is 17.0 Å². The maximum Gasteiger partial charge on any atom is 0.530 e. The highest BCUT2D eigenvalue weighted by atomic mass is 35.5. The second-order valence-electron chi connectivity index (χ2n) is 7.88. The molecule has 5 rings (SSSR count). The number of nitrogens with zero attached hydrogens (tertiary/aromatic N) is 7. The maximum absolute atomic E-state index is 13.4. The van der Waals surface area contributed by atoms with Gasteiger partial charge in [-0.3, -0.25) is 13.6 Å². The van der Waals surface area contributed by atoms with Crippen LogP contribution < -0.4 is 15.0 Å². The standard InChI is InChI=1S/C19H20ClN8O6P/c1-3-30-16-13-15(24-18(21)25-16)28(9-23-13)17-19(2,26-27-22)14-12(32-17)8-31-35(29,34-14)33-11-7-5-4-6-10(11)20/h4-7,9,12,14,17H,3,8H2,1-2H3,(H2,21,24,25)/t12-,14-,17-,19-,35?/m1/s1. The number of imidazole rings is 1. The summed E-state index contributed by atoms with van der Waals surface area (Å²) in [5.41, 5.74) is 14.5. The molecule has 1 aromatic carbocycles. The van der Waals surface area contributed by atoms with Gasteiger partial charge >= 0.3 is 7.82 Å². The van der Waals surface area contributed by atoms with Crippen LogP contribution in [-0.2, 0) is 18.3 Å². The fourth-order valence-corrected chi connectivity index (χ4v) is 5.82. The van der Waals surface area contributed by atoms with E-state index in [1.54, 1.807) is 32.0 Å². The van der Waals surface area contributed by atoms with E-state index in [4.69, 9.17) is 40.4 Å². The molecule has 14 nitrogen and oxygen atoms in total. The number of halogens is 1. The van der Waals surface area contributed by atoms with Crippen molar-refractivity contribution in [1.82, 2.24) is 19.5 Å². The molecule has 184 valence electrons. The number of ether oxygens (including phenoxy) is 2. The SMILES string of the molecule is CCOc1nc(N)nc2c1ncn2[C@@H]1O[C@@H]2COP(=O)(Oc3ccccc3Cl)O[C@H]2[C@@]1(C)N=[N+]=[N-]. The van der Waals surface area contributed by atoms with E-state index in [-0.39, 0.29) is 29.2 Å². The molecule has 2 N–H and O–H groups in total. The quantitative estimate of drug-likeness (QED) is 0.214. The van der Waals surface area contributed by atoms with Crippen molar-refractivity contribution in [1.29, 1.82) is 0 Å². The Bertz CT molecular complexity index is 1380. The third-order valence-corrected chi connectivity index (χ3v) is 7.29. The Hall–Kier alpha value is -3.12. The molecule has 2 aliphatic rings. The number of anilines is 1. The normalized spacial score (nSPS) is 30.0. The first-order chi connectivity index (χ1) is 16.8. The van der Waals surface area contributed by atoms with Gasteiger partial charge in [0.15, 0.2) is 17.4 Å². The molecule has 0 bridgehead atoms. The van der Waals surface area contributed by atoms with E-state index in [2.05, 4.69) is 25.0 Å². The van der Waals surface area contributed by atoms with E-state index in [0.29, 0.717) is 17.8 Å². The Balaban J connectivity index is 1.52. The molecule has 2 fully saturated rings. The van der Waals surface area contributed by atoms with Gasteiger partial charge in [0.05, 0.1) is 24.6 Å². The minimum Gasteiger partial charge on any atom is -0.476 e. The van der Waals surface area contributed by atoms with Gasteiger partial charge in [-0.15, -0.1) is 0 Å². The number of hydrogen-bond donors (Lipinski definition) is 1. The average molecular weight is 523 g/mol. The van der Waals surface area contributed by atoms with Crippen molar-refractivity contribution in [2.24, 2.45) is 5.11 Å². The smallest absolute Gasteiger partial charge is 0.476 e. The van der Waals surface area contributed by atoms with Gasteiger partial charge in [-0.1, -0.05) is 28.8 Å². The molecule has 2 aliphatic heterocycles. The van der Waals surface area contributed by atoms with Crippen molar-refractivity contribution in [2.75, 3.05) is 18.9 Å². The highest BCUT2D eigenvalue weighted by Gasteiger charge is 2.61. The number of aromatic nitrogens is 4. The number of phosphoric acid groups is 1. The van der Waals surface area contributed by atoms with Crippen molar-refractivity contribution in [3.8, 4) is 11.6 Å². The highest BCUT2D eigenvalue weighted by Crippen LogP contribution is 2.60. The Morgan fingerprint density at radius 3 is 2.97 bits per heavy atom. The summed E-state index contributed by atoms with van der Waals surface area (Å²) < 4.78 is 43.3. The summed E-state index contributed by atoms with van der Waals surface area (Å²) in [5, 5.41) is 4.20. The number of phosphoric ester groups is 1. The van der Waals surface area contributed by atoms with E-state index >= 15 is 0 Å². The zero-order valence-electron chi connectivity index (χ0n) is 18.5. The van der Waals surface area contributed by atoms with Crippen molar-refractivity contribution < 1.29 is 27.6 Å². The van der Waals surface area contributed by atoms with Crippen molar-refractivity contribution >= 4 is 36.5 Å². The number of fused-ring (bicyclic) bond motifs is 2. The van der Waals surface area contributed by atoms with Crippen LogP contribution in [0.5, 0.6) is 11.6 Å². The fourth-order valence-electron chi connectivity index (χ4n) is 4.08. The summed E-state index contributed by atoms with van der Waals surface area (Å²) in [4.78, 5) is 15.7. The largest absolute Gasteiger partial charge is 0.530 e. The number of nitrogens with two attached hydrogens (primary N) is 1. The Kier molecular flexibility index (Phi) is 5.96. The van der Waals surface area contributed by atoms with E-state index in [1.807, 2.05) is 0 Å². The van der Waals surface area contributed by atoms with E-state index < -0.39 is 31.8 Å². The molecule has 2 saturated heterocycles. The minimum atomic E-state index is -4.15. The van der Waals surface area contributed by atoms with Gasteiger partial charge in [0.1, 0.15) is 23.5 Å². The lowest BCUT2D eigenvalue weighted by molar-refractivity contribution is -0.0649. The minimum absolute atomic E-state index is 0.0409. The molecule has 0 radical (unpaired) electrons. The maximum atomic E-state index is 13.4. The van der Waals surface area contributed by atoms with Crippen LogP contribution >= 0.6 is 19.4 Å². The molecule has 2 aromatic heterocycles. The second kappa shape index (κ2) is 8.83. The highest BCUT2D eigenvalue weighted by molar-refractivity contribution is 7.49. The van der Waals surface area contributed by atoms with Gasteiger partial charge in [-0.25, -0.2) is 9.55 Å². The van der Waals surface area contributed by atoms with Crippen molar-refractivity contribution in [3.05, 3.63) is 46.1 Å². The van der Waals surface area contributed by atoms with Crippen LogP contribution in [0.3, 0.4) is 0 Å². The first-order valence-electron chi connectivity index (χ1n) is 10.5. The van der Waals surface area contributed by atoms with Gasteiger partial charge in [-0.2, -0.15) is 9.97 Å². The second-order valence-corrected chi connectivity index (χ2v) is 9.83. The predicted molar refractivity (Wildman–Crippen MR) is 123 cm³/mol. The van der Waals surface area contributed by atoms with Crippen LogP contribution in [0, 0.1) is 0 Å². The lowest BCUT2D eigenvalue weighted by atomic mass is 9.93. The third-order valence-electron chi connectivity index (χ3n) is 5.60. The molecule has 1 unspecified atom stereocenters. The van der Waals surface area contributed by atoms with Crippen LogP contribution in [0.25, 0.3) is 21.6 Å². The molecule has 16 heteroatoms. The Morgan fingerprint density at radius 1 is 1.43 bits per heavy atom. The summed E-state index contributed by atoms with van der Waals surface area (Å²) >= 11 is 6.13. The summed E-state index contributed by atoms with van der Waals surface area (Å²) in [7, 11) is -4.15. The molecule has 4 heterocycles. The molecule has 0 spiro atoms. The zero-order valence-corrected chi connectivity index (χ0v) is 20.2. The molecular formula is C19H20ClN8O6P. The summed E-state index contributed by atoms with van der Waals surface area (Å²) in [6.45, 7) is 3.58. The molecule has 5 atom stereocenters. The molecule has 35 heavy (non-hydrogen) atoms. The van der Waals surface area contributed by atoms with Gasteiger partial charge in [0, 0.05) is 4.91 Å². The van der Waals surface area contributed by atoms with Gasteiger partial charge in [0.2, 0.25) is 11.8 Å². The average Bonchev–Trinajstić information content (AvgIpc) is 3.34. The van der Waals surface area contributed by atoms with Gasteiger partial charge in [-0.05, 0) is 31.5 Å². The first kappa shape index (κ1) is 23.6. The number of para-hydroxylation sites is 1. The van der Waals surface area contributed by atoms with Crippen LogP contribution in [0.1, 0.15) is 20.1 Å². The Labute approximate surface area is 203 Å². The number of benzene rings is 1. The number of azide groups is 1. The van der Waals surface area contributed by atoms with Crippen LogP contribution in [0.15, 0.2) is 35.7 Å². The van der Waals surface area contributed by atoms with Crippen LogP contribution in [0.2, 0.25) is 5.02 Å². The van der Waals surface area contributed by atoms with Crippen LogP contribution in [-0.4, -0.2) is 50.5 Å². The first-order valence-corrected chi connectivity index (χ1v) is 12.3. The zero-order chi connectivity index (χ0) is 24.8. The van der Waals surface area contributed by atoms with Crippen molar-refractivity contribution in [2.45, 2.75) is 37.8 Å². The fraction of sp³-hybridized carbons (Fsp3) is 0.421. The number of nitrogen functional groups attached to an aromatic ring is 1. The van der Waals surface area contributed by atoms with Crippen molar-refractivity contribution in [3.63, 3.8) is 0 Å². The summed E-state index contributed by atoms with van der Waals surface area (Å²) in [5.74, 6) is 0.279. The monoisotopic (exact) mass is 522 g/mol. The van der Waals surface area contributed by atoms with Gasteiger partial charge in [0.25, 0.3) is 0 Å². The molecule has 3 aromatic rings. The number of hydrogen-bond acceptors (Lipinski definition) is 11. The summed E-state index contributed by atoms with van der Waals surface area (Å²) in [6, 6.07) is 6.45. The topological polar surface area (TPSA) is 182 Å². The van der Waals surface area contributed by atoms with Gasteiger partial charge < -0.3 is 19.7 Å². The molecule has 0 saturated carbocycles. The van der Waals surface area contributed by atoms with E-state index in [9.17, 15) is 10.1 Å². The summed E-state index contributed by atoms with van der Waals surface area (Å²) in [6.07, 6.45) is -1.30. The third kappa shape index (κ3) is 4.04. The number of rotatable bonds is 6. The van der Waals surface area contributed by atoms with Crippen LogP contribution in [0.4, 0.5) is 5.95 Å². The predicted octanol–water partition coefficient (Wildman–Crippen LogP) is 4.03. The molecular weight excluding hydrogens is 503 g/mol.